The Bertz CT molecular complexity index is 798. The number of carbonyl (C=O) groups excluding carboxylic acids is 1. The maximum absolute atomic E-state index is 12.2. The van der Waals surface area contributed by atoms with Crippen molar-refractivity contribution in [3.63, 3.8) is 0 Å². The van der Waals surface area contributed by atoms with Gasteiger partial charge >= 0.3 is 0 Å². The molecule has 0 aliphatic heterocycles. The molecular formula is C15H16N2O3S. The van der Waals surface area contributed by atoms with Crippen LogP contribution < -0.4 is 11.1 Å². The van der Waals surface area contributed by atoms with Gasteiger partial charge in [0.15, 0.2) is 9.84 Å². The number of para-hydroxylation sites is 1. The van der Waals surface area contributed by atoms with E-state index in [0.29, 0.717) is 5.69 Å². The van der Waals surface area contributed by atoms with Gasteiger partial charge in [-0.05, 0) is 36.8 Å². The fourth-order valence-electron chi connectivity index (χ4n) is 1.87. The number of nitrogen functional groups attached to an aromatic ring is 1. The minimum atomic E-state index is -3.42. The zero-order valence-corrected chi connectivity index (χ0v) is 12.6. The van der Waals surface area contributed by atoms with Crippen LogP contribution in [0.3, 0.4) is 0 Å². The number of carbonyl (C=O) groups is 1. The van der Waals surface area contributed by atoms with Gasteiger partial charge in [0.2, 0.25) is 0 Å². The number of nitrogens with one attached hydrogen (secondary N) is 1. The first-order chi connectivity index (χ1) is 9.77. The molecule has 0 unspecified atom stereocenters. The van der Waals surface area contributed by atoms with Crippen LogP contribution in [0.5, 0.6) is 0 Å². The van der Waals surface area contributed by atoms with E-state index in [0.717, 1.165) is 11.8 Å². The maximum atomic E-state index is 12.2. The summed E-state index contributed by atoms with van der Waals surface area (Å²) in [5.41, 5.74) is 7.70. The lowest BCUT2D eigenvalue weighted by Crippen LogP contribution is -2.14. The Morgan fingerprint density at radius 2 is 1.81 bits per heavy atom. The average Bonchev–Trinajstić information content (AvgIpc) is 2.39. The Labute approximate surface area is 123 Å². The Morgan fingerprint density at radius 3 is 2.43 bits per heavy atom. The van der Waals surface area contributed by atoms with Crippen molar-refractivity contribution in [1.82, 2.24) is 0 Å². The molecule has 0 saturated carbocycles. The summed E-state index contributed by atoms with van der Waals surface area (Å²) in [5.74, 6) is -0.401. The van der Waals surface area contributed by atoms with E-state index in [4.69, 9.17) is 5.73 Å². The topological polar surface area (TPSA) is 89.3 Å². The van der Waals surface area contributed by atoms with Crippen molar-refractivity contribution < 1.29 is 13.2 Å². The molecule has 21 heavy (non-hydrogen) atoms. The van der Waals surface area contributed by atoms with Crippen LogP contribution in [0.1, 0.15) is 15.9 Å². The summed E-state index contributed by atoms with van der Waals surface area (Å²) in [6.07, 6.45) is 1.07. The van der Waals surface area contributed by atoms with Gasteiger partial charge in [-0.15, -0.1) is 0 Å². The Balaban J connectivity index is 2.36. The molecule has 0 atom stereocenters. The highest BCUT2D eigenvalue weighted by molar-refractivity contribution is 7.90. The first-order valence-corrected chi connectivity index (χ1v) is 8.14. The molecule has 0 aliphatic rings. The van der Waals surface area contributed by atoms with Gasteiger partial charge in [0.1, 0.15) is 0 Å². The lowest BCUT2D eigenvalue weighted by Gasteiger charge is -2.09. The molecule has 6 heteroatoms. The Hall–Kier alpha value is -2.34. The number of aryl methyl sites for hydroxylation is 1. The van der Waals surface area contributed by atoms with Gasteiger partial charge < -0.3 is 11.1 Å². The van der Waals surface area contributed by atoms with E-state index in [1.165, 1.54) is 18.2 Å². The van der Waals surface area contributed by atoms with Crippen molar-refractivity contribution >= 4 is 27.1 Å². The molecule has 0 bridgehead atoms. The third kappa shape index (κ3) is 3.61. The lowest BCUT2D eigenvalue weighted by molar-refractivity contribution is 0.102. The SMILES string of the molecule is Cc1ccccc1NC(=O)c1cc(N)cc(S(C)(=O)=O)c1. The summed E-state index contributed by atoms with van der Waals surface area (Å²) in [6, 6.07) is 11.4. The summed E-state index contributed by atoms with van der Waals surface area (Å²) < 4.78 is 23.2. The third-order valence-corrected chi connectivity index (χ3v) is 4.10. The first-order valence-electron chi connectivity index (χ1n) is 6.25. The fourth-order valence-corrected chi connectivity index (χ4v) is 2.57. The smallest absolute Gasteiger partial charge is 0.255 e. The van der Waals surface area contributed by atoms with Gasteiger partial charge in [-0.1, -0.05) is 18.2 Å². The first kappa shape index (κ1) is 15.1. The minimum absolute atomic E-state index is 0.0254. The molecule has 2 rings (SSSR count). The number of amides is 1. The summed E-state index contributed by atoms with van der Waals surface area (Å²) in [7, 11) is -3.42. The standard InChI is InChI=1S/C15H16N2O3S/c1-10-5-3-4-6-14(10)17-15(18)11-7-12(16)9-13(8-11)21(2,19)20/h3-9H,16H2,1-2H3,(H,17,18). The molecule has 0 radical (unpaired) electrons. The lowest BCUT2D eigenvalue weighted by atomic mass is 10.1. The van der Waals surface area contributed by atoms with Crippen molar-refractivity contribution in [2.75, 3.05) is 17.3 Å². The second-order valence-electron chi connectivity index (χ2n) is 4.83. The van der Waals surface area contributed by atoms with Crippen molar-refractivity contribution in [3.8, 4) is 0 Å². The molecular weight excluding hydrogens is 288 g/mol. The molecule has 3 N–H and O–H groups in total. The van der Waals surface area contributed by atoms with E-state index in [-0.39, 0.29) is 16.1 Å². The van der Waals surface area contributed by atoms with E-state index >= 15 is 0 Å². The number of hydrogen-bond acceptors (Lipinski definition) is 4. The van der Waals surface area contributed by atoms with E-state index in [1.807, 2.05) is 25.1 Å². The van der Waals surface area contributed by atoms with Crippen molar-refractivity contribution in [2.45, 2.75) is 11.8 Å². The zero-order valence-electron chi connectivity index (χ0n) is 11.8. The van der Waals surface area contributed by atoms with Crippen LogP contribution in [0.2, 0.25) is 0 Å². The molecule has 0 fully saturated rings. The number of sulfone groups is 1. The number of anilines is 2. The van der Waals surface area contributed by atoms with Crippen molar-refractivity contribution in [3.05, 3.63) is 53.6 Å². The third-order valence-electron chi connectivity index (χ3n) is 3.01. The van der Waals surface area contributed by atoms with Gasteiger partial charge in [-0.3, -0.25) is 4.79 Å². The number of rotatable bonds is 3. The highest BCUT2D eigenvalue weighted by Crippen LogP contribution is 2.19. The average molecular weight is 304 g/mol. The Kier molecular flexibility index (Phi) is 3.99. The monoisotopic (exact) mass is 304 g/mol. The van der Waals surface area contributed by atoms with Crippen LogP contribution >= 0.6 is 0 Å². The zero-order chi connectivity index (χ0) is 15.6. The molecule has 2 aromatic carbocycles. The predicted molar refractivity (Wildman–Crippen MR) is 83.1 cm³/mol. The van der Waals surface area contributed by atoms with Gasteiger partial charge in [-0.2, -0.15) is 0 Å². The second-order valence-corrected chi connectivity index (χ2v) is 6.85. The molecule has 0 heterocycles. The van der Waals surface area contributed by atoms with E-state index in [9.17, 15) is 13.2 Å². The number of nitrogens with two attached hydrogens (primary N) is 1. The molecule has 0 spiro atoms. The molecule has 5 nitrogen and oxygen atoms in total. The molecule has 2 aromatic rings. The summed E-state index contributed by atoms with van der Waals surface area (Å²) in [4.78, 5) is 12.3. The molecule has 0 aromatic heterocycles. The number of benzene rings is 2. The van der Waals surface area contributed by atoms with Crippen LogP contribution in [0.4, 0.5) is 11.4 Å². The summed E-state index contributed by atoms with van der Waals surface area (Å²) >= 11 is 0. The van der Waals surface area contributed by atoms with Gasteiger partial charge in [0, 0.05) is 23.2 Å². The van der Waals surface area contributed by atoms with Gasteiger partial charge in [-0.25, -0.2) is 8.42 Å². The van der Waals surface area contributed by atoms with E-state index in [1.54, 1.807) is 6.07 Å². The molecule has 110 valence electrons. The van der Waals surface area contributed by atoms with Crippen LogP contribution in [0, 0.1) is 6.92 Å². The quantitative estimate of drug-likeness (QED) is 0.851. The van der Waals surface area contributed by atoms with Crippen molar-refractivity contribution in [2.24, 2.45) is 0 Å². The van der Waals surface area contributed by atoms with Gasteiger partial charge in [0.05, 0.1) is 4.90 Å². The summed E-state index contributed by atoms with van der Waals surface area (Å²) in [6.45, 7) is 1.87. The van der Waals surface area contributed by atoms with Crippen LogP contribution in [-0.4, -0.2) is 20.6 Å². The van der Waals surface area contributed by atoms with E-state index in [2.05, 4.69) is 5.32 Å². The van der Waals surface area contributed by atoms with Crippen LogP contribution in [-0.2, 0) is 9.84 Å². The van der Waals surface area contributed by atoms with Gasteiger partial charge in [0.25, 0.3) is 5.91 Å². The van der Waals surface area contributed by atoms with Crippen molar-refractivity contribution in [1.29, 1.82) is 0 Å². The van der Waals surface area contributed by atoms with Crippen LogP contribution in [0.25, 0.3) is 0 Å². The molecule has 0 aliphatic carbocycles. The number of hydrogen-bond donors (Lipinski definition) is 2. The Morgan fingerprint density at radius 1 is 1.14 bits per heavy atom. The van der Waals surface area contributed by atoms with Crippen LogP contribution in [0.15, 0.2) is 47.4 Å². The largest absolute Gasteiger partial charge is 0.399 e. The van der Waals surface area contributed by atoms with E-state index < -0.39 is 15.7 Å². The fraction of sp³-hybridized carbons (Fsp3) is 0.133. The molecule has 0 saturated heterocycles. The normalized spacial score (nSPS) is 11.1. The predicted octanol–water partition coefficient (Wildman–Crippen LogP) is 2.23. The summed E-state index contributed by atoms with van der Waals surface area (Å²) in [5, 5.41) is 2.74. The second kappa shape index (κ2) is 5.57. The highest BCUT2D eigenvalue weighted by Gasteiger charge is 2.14. The minimum Gasteiger partial charge on any atom is -0.399 e. The molecule has 1 amide bonds. The maximum Gasteiger partial charge on any atom is 0.255 e. The highest BCUT2D eigenvalue weighted by atomic mass is 32.2.